The molecule has 3 rings (SSSR count). The van der Waals surface area contributed by atoms with Crippen LogP contribution in [0.2, 0.25) is 0 Å². The Morgan fingerprint density at radius 3 is 3.10 bits per heavy atom. The lowest BCUT2D eigenvalue weighted by atomic mass is 9.87. The number of nitrogens with zero attached hydrogens (tertiary/aromatic N) is 1. The van der Waals surface area contributed by atoms with E-state index in [9.17, 15) is 4.79 Å². The molecule has 0 saturated carbocycles. The highest BCUT2D eigenvalue weighted by molar-refractivity contribution is 5.97. The number of fused-ring (bicyclic) bond motifs is 1. The second-order valence-electron chi connectivity index (χ2n) is 5.51. The minimum atomic E-state index is -0.486. The first-order valence-corrected chi connectivity index (χ1v) is 7.09. The molecule has 5 heteroatoms. The van der Waals surface area contributed by atoms with Crippen LogP contribution in [0.1, 0.15) is 6.42 Å². The molecule has 1 aliphatic heterocycles. The lowest BCUT2D eigenvalue weighted by Gasteiger charge is -2.25. The van der Waals surface area contributed by atoms with Crippen LogP contribution in [0.25, 0.3) is 10.9 Å². The molecule has 1 fully saturated rings. The Bertz CT molecular complexity index is 651. The van der Waals surface area contributed by atoms with Gasteiger partial charge in [-0.1, -0.05) is 18.2 Å². The minimum absolute atomic E-state index is 0.00793. The molecule has 1 unspecified atom stereocenters. The highest BCUT2D eigenvalue weighted by Gasteiger charge is 2.41. The number of nitrogens with one attached hydrogen (secondary N) is 2. The van der Waals surface area contributed by atoms with Gasteiger partial charge in [-0.2, -0.15) is 0 Å². The van der Waals surface area contributed by atoms with Crippen LogP contribution in [-0.4, -0.2) is 37.7 Å². The first kappa shape index (κ1) is 14.0. The number of amides is 1. The number of carbonyl (C=O) groups is 1. The maximum Gasteiger partial charge on any atom is 0.234 e. The van der Waals surface area contributed by atoms with Crippen molar-refractivity contribution >= 4 is 22.5 Å². The van der Waals surface area contributed by atoms with E-state index in [4.69, 9.17) is 4.74 Å². The van der Waals surface area contributed by atoms with E-state index in [1.165, 1.54) is 0 Å². The molecule has 1 saturated heterocycles. The second kappa shape index (κ2) is 5.79. The van der Waals surface area contributed by atoms with Crippen LogP contribution in [0.15, 0.2) is 36.5 Å². The molecule has 2 heterocycles. The van der Waals surface area contributed by atoms with Gasteiger partial charge in [-0.25, -0.2) is 0 Å². The van der Waals surface area contributed by atoms with Crippen molar-refractivity contribution in [3.8, 4) is 0 Å². The number of carbonyl (C=O) groups excluding carboxylic acids is 1. The van der Waals surface area contributed by atoms with Crippen molar-refractivity contribution in [3.63, 3.8) is 0 Å². The molecule has 1 atom stereocenters. The number of ether oxygens (including phenoxy) is 1. The summed E-state index contributed by atoms with van der Waals surface area (Å²) in [6.45, 7) is 1.91. The molecule has 0 radical (unpaired) electrons. The van der Waals surface area contributed by atoms with E-state index in [1.807, 2.05) is 30.3 Å². The van der Waals surface area contributed by atoms with Crippen LogP contribution in [0.4, 0.5) is 5.69 Å². The number of anilines is 1. The van der Waals surface area contributed by atoms with E-state index in [0.29, 0.717) is 13.2 Å². The number of benzene rings is 1. The van der Waals surface area contributed by atoms with Crippen molar-refractivity contribution in [1.82, 2.24) is 10.3 Å². The average molecular weight is 285 g/mol. The minimum Gasteiger partial charge on any atom is -0.384 e. The quantitative estimate of drug-likeness (QED) is 0.899. The van der Waals surface area contributed by atoms with Crippen LogP contribution in [-0.2, 0) is 9.53 Å². The summed E-state index contributed by atoms with van der Waals surface area (Å²) >= 11 is 0. The summed E-state index contributed by atoms with van der Waals surface area (Å²) < 4.78 is 5.24. The standard InChI is InChI=1S/C16H19N3O2/c1-21-11-16(6-7-17-10-16)15(20)19-13-8-12-4-2-3-5-14(12)18-9-13/h2-5,8-9,17H,6-7,10-11H2,1H3,(H,19,20). The van der Waals surface area contributed by atoms with Gasteiger partial charge in [0, 0.05) is 19.0 Å². The molecule has 0 bridgehead atoms. The Hall–Kier alpha value is -1.98. The van der Waals surface area contributed by atoms with E-state index in [0.717, 1.165) is 29.6 Å². The molecule has 110 valence electrons. The van der Waals surface area contributed by atoms with E-state index in [-0.39, 0.29) is 5.91 Å². The van der Waals surface area contributed by atoms with Gasteiger partial charge in [0.05, 0.1) is 29.4 Å². The molecule has 0 spiro atoms. The number of methoxy groups -OCH3 is 1. The predicted octanol–water partition coefficient (Wildman–Crippen LogP) is 1.80. The van der Waals surface area contributed by atoms with Crippen LogP contribution >= 0.6 is 0 Å². The molecule has 2 aromatic rings. The van der Waals surface area contributed by atoms with Crippen molar-refractivity contribution in [3.05, 3.63) is 36.5 Å². The Morgan fingerprint density at radius 2 is 2.33 bits per heavy atom. The molecule has 1 aromatic carbocycles. The predicted molar refractivity (Wildman–Crippen MR) is 82.2 cm³/mol. The van der Waals surface area contributed by atoms with E-state index in [1.54, 1.807) is 13.3 Å². The van der Waals surface area contributed by atoms with Gasteiger partial charge in [-0.05, 0) is 25.1 Å². The fourth-order valence-corrected chi connectivity index (χ4v) is 2.81. The molecule has 2 N–H and O–H groups in total. The fraction of sp³-hybridized carbons (Fsp3) is 0.375. The average Bonchev–Trinajstić information content (AvgIpc) is 2.97. The van der Waals surface area contributed by atoms with Gasteiger partial charge in [0.15, 0.2) is 0 Å². The third-order valence-electron chi connectivity index (χ3n) is 3.99. The zero-order valence-corrected chi connectivity index (χ0v) is 12.1. The summed E-state index contributed by atoms with van der Waals surface area (Å²) in [7, 11) is 1.63. The Labute approximate surface area is 123 Å². The first-order valence-electron chi connectivity index (χ1n) is 7.09. The van der Waals surface area contributed by atoms with Gasteiger partial charge in [-0.3, -0.25) is 9.78 Å². The number of hydrogen-bond donors (Lipinski definition) is 2. The smallest absolute Gasteiger partial charge is 0.234 e. The second-order valence-corrected chi connectivity index (χ2v) is 5.51. The third kappa shape index (κ3) is 2.75. The molecule has 0 aliphatic carbocycles. The normalized spacial score (nSPS) is 21.6. The number of rotatable bonds is 4. The maximum absolute atomic E-state index is 12.6. The van der Waals surface area contributed by atoms with Crippen LogP contribution < -0.4 is 10.6 Å². The topological polar surface area (TPSA) is 63.2 Å². The summed E-state index contributed by atoms with van der Waals surface area (Å²) in [6.07, 6.45) is 2.48. The number of para-hydroxylation sites is 1. The largest absolute Gasteiger partial charge is 0.384 e. The van der Waals surface area contributed by atoms with E-state index < -0.39 is 5.41 Å². The van der Waals surface area contributed by atoms with Crippen LogP contribution in [0, 0.1) is 5.41 Å². The van der Waals surface area contributed by atoms with Gasteiger partial charge in [0.1, 0.15) is 0 Å². The number of aromatic nitrogens is 1. The third-order valence-corrected chi connectivity index (χ3v) is 3.99. The molecule has 1 aliphatic rings. The Kier molecular flexibility index (Phi) is 3.86. The monoisotopic (exact) mass is 285 g/mol. The summed E-state index contributed by atoms with van der Waals surface area (Å²) in [5.74, 6) is -0.00793. The van der Waals surface area contributed by atoms with Crippen LogP contribution in [0.5, 0.6) is 0 Å². The van der Waals surface area contributed by atoms with Crippen molar-refractivity contribution in [2.45, 2.75) is 6.42 Å². The summed E-state index contributed by atoms with van der Waals surface area (Å²) in [5, 5.41) is 7.23. The van der Waals surface area contributed by atoms with Crippen molar-refractivity contribution in [2.75, 3.05) is 32.1 Å². The Balaban J connectivity index is 1.82. The molecular formula is C16H19N3O2. The van der Waals surface area contributed by atoms with Gasteiger partial charge in [-0.15, -0.1) is 0 Å². The van der Waals surface area contributed by atoms with Crippen molar-refractivity contribution in [2.24, 2.45) is 5.41 Å². The van der Waals surface area contributed by atoms with Gasteiger partial charge in [0.25, 0.3) is 0 Å². The summed E-state index contributed by atoms with van der Waals surface area (Å²) in [5.41, 5.74) is 1.16. The fourth-order valence-electron chi connectivity index (χ4n) is 2.81. The highest BCUT2D eigenvalue weighted by atomic mass is 16.5. The van der Waals surface area contributed by atoms with Crippen LogP contribution in [0.3, 0.4) is 0 Å². The molecule has 1 amide bonds. The molecule has 21 heavy (non-hydrogen) atoms. The van der Waals surface area contributed by atoms with Crippen molar-refractivity contribution in [1.29, 1.82) is 0 Å². The number of pyridine rings is 1. The van der Waals surface area contributed by atoms with Gasteiger partial charge < -0.3 is 15.4 Å². The maximum atomic E-state index is 12.6. The summed E-state index contributed by atoms with van der Waals surface area (Å²) in [6, 6.07) is 9.80. The SMILES string of the molecule is COCC1(C(=O)Nc2cnc3ccccc3c2)CCNC1. The first-order chi connectivity index (χ1) is 10.2. The van der Waals surface area contributed by atoms with E-state index in [2.05, 4.69) is 15.6 Å². The Morgan fingerprint density at radius 1 is 1.48 bits per heavy atom. The lowest BCUT2D eigenvalue weighted by molar-refractivity contribution is -0.127. The molecular weight excluding hydrogens is 266 g/mol. The summed E-state index contributed by atoms with van der Waals surface area (Å²) in [4.78, 5) is 17.0. The van der Waals surface area contributed by atoms with E-state index >= 15 is 0 Å². The van der Waals surface area contributed by atoms with Gasteiger partial charge in [0.2, 0.25) is 5.91 Å². The zero-order chi connectivity index (χ0) is 14.7. The van der Waals surface area contributed by atoms with Crippen molar-refractivity contribution < 1.29 is 9.53 Å². The molecule has 1 aromatic heterocycles. The molecule has 5 nitrogen and oxygen atoms in total. The van der Waals surface area contributed by atoms with Gasteiger partial charge >= 0.3 is 0 Å². The number of hydrogen-bond acceptors (Lipinski definition) is 4. The highest BCUT2D eigenvalue weighted by Crippen LogP contribution is 2.28. The lowest BCUT2D eigenvalue weighted by Crippen LogP contribution is -2.41. The zero-order valence-electron chi connectivity index (χ0n) is 12.1.